The van der Waals surface area contributed by atoms with E-state index in [4.69, 9.17) is 27.1 Å². The van der Waals surface area contributed by atoms with E-state index in [0.29, 0.717) is 62.4 Å². The van der Waals surface area contributed by atoms with Crippen molar-refractivity contribution >= 4 is 60.7 Å². The van der Waals surface area contributed by atoms with Crippen LogP contribution >= 0.6 is 22.9 Å². The van der Waals surface area contributed by atoms with Gasteiger partial charge in [0.15, 0.2) is 5.82 Å². The fourth-order valence-corrected chi connectivity index (χ4v) is 9.91. The largest absolute Gasteiger partial charge is 0.461 e. The van der Waals surface area contributed by atoms with Crippen molar-refractivity contribution in [2.24, 2.45) is 5.92 Å². The Balaban J connectivity index is 1.11. The summed E-state index contributed by atoms with van der Waals surface area (Å²) in [6, 6.07) is 8.07. The summed E-state index contributed by atoms with van der Waals surface area (Å²) in [5.41, 5.74) is 6.68. The number of hydrogen-bond donors (Lipinski definition) is 1. The van der Waals surface area contributed by atoms with Gasteiger partial charge in [0.05, 0.1) is 26.5 Å². The average Bonchev–Trinajstić information content (AvgIpc) is 3.54. The molecule has 9 rings (SSSR count). The predicted octanol–water partition coefficient (Wildman–Crippen LogP) is 7.87. The van der Waals surface area contributed by atoms with E-state index >= 15 is 4.39 Å². The van der Waals surface area contributed by atoms with Crippen LogP contribution in [0, 0.1) is 28.9 Å². The van der Waals surface area contributed by atoms with Gasteiger partial charge in [-0.1, -0.05) is 17.7 Å². The quantitative estimate of drug-likeness (QED) is 0.176. The molecule has 4 fully saturated rings. The first kappa shape index (κ1) is 34.3. The Morgan fingerprint density at radius 1 is 1.13 bits per heavy atom. The highest BCUT2D eigenvalue weighted by atomic mass is 35.5. The maximum absolute atomic E-state index is 17.2. The van der Waals surface area contributed by atoms with Crippen LogP contribution in [0.25, 0.3) is 32.1 Å². The molecule has 53 heavy (non-hydrogen) atoms. The van der Waals surface area contributed by atoms with Gasteiger partial charge >= 0.3 is 6.01 Å². The lowest BCUT2D eigenvalue weighted by Gasteiger charge is -2.31. The van der Waals surface area contributed by atoms with Crippen LogP contribution in [-0.2, 0) is 0 Å². The van der Waals surface area contributed by atoms with E-state index in [2.05, 4.69) is 15.0 Å². The third-order valence-electron chi connectivity index (χ3n) is 11.5. The monoisotopic (exact) mass is 760 g/mol. The molecule has 2 N–H and O–H groups in total. The van der Waals surface area contributed by atoms with Crippen LogP contribution in [0.5, 0.6) is 6.01 Å². The number of nitrogens with zero attached hydrogens (tertiary/aromatic N) is 7. The van der Waals surface area contributed by atoms with Crippen molar-refractivity contribution < 1.29 is 22.7 Å². The van der Waals surface area contributed by atoms with Crippen molar-refractivity contribution in [2.45, 2.75) is 69.0 Å². The van der Waals surface area contributed by atoms with Crippen molar-refractivity contribution in [3.05, 3.63) is 58.4 Å². The van der Waals surface area contributed by atoms with Crippen LogP contribution in [0.2, 0.25) is 5.02 Å². The van der Waals surface area contributed by atoms with E-state index in [1.165, 1.54) is 16.8 Å². The van der Waals surface area contributed by atoms with Crippen molar-refractivity contribution in [2.75, 3.05) is 43.4 Å². The second kappa shape index (κ2) is 13.1. The summed E-state index contributed by atoms with van der Waals surface area (Å²) in [6.45, 7) is 2.24. The summed E-state index contributed by atoms with van der Waals surface area (Å²) in [5.74, 6) is -0.846. The standard InChI is InChI=1S/C38H36ClF3N8O2S/c39-26-15-24-32(31(42)30(26)23-6-7-27(41)33-29(23)25(17-43)34(44)53-33)45-37(52-19-38-10-2-12-49(38)18-22(40)16-38)46-35(24)48-11-1-3-21(8-13-48)36(51)50-14-9-28(47-50)20-4-5-20/h6-7,9,14-15,20-22H,1-5,8,10-13,16,18-19,44H2/t21?,22-,38+/m1/s1. The number of benzene rings is 2. The average molecular weight is 761 g/mol. The van der Waals surface area contributed by atoms with E-state index in [0.717, 1.165) is 49.3 Å². The number of anilines is 2. The first-order valence-electron chi connectivity index (χ1n) is 18.1. The Morgan fingerprint density at radius 3 is 2.79 bits per heavy atom. The molecular formula is C38H36ClF3N8O2S. The molecule has 10 nitrogen and oxygen atoms in total. The lowest BCUT2D eigenvalue weighted by molar-refractivity contribution is 0.0806. The van der Waals surface area contributed by atoms with Crippen LogP contribution in [0.1, 0.15) is 73.3 Å². The van der Waals surface area contributed by atoms with Crippen LogP contribution in [0.15, 0.2) is 30.5 Å². The topological polar surface area (TPSA) is 126 Å². The maximum atomic E-state index is 17.2. The van der Waals surface area contributed by atoms with Crippen molar-refractivity contribution in [3.8, 4) is 23.2 Å². The highest BCUT2D eigenvalue weighted by Crippen LogP contribution is 2.46. The Morgan fingerprint density at radius 2 is 1.98 bits per heavy atom. The molecule has 15 heteroatoms. The Labute approximate surface area is 312 Å². The fourth-order valence-electron chi connectivity index (χ4n) is 8.67. The number of fused-ring (bicyclic) bond motifs is 3. The van der Waals surface area contributed by atoms with E-state index in [9.17, 15) is 18.8 Å². The second-order valence-corrected chi connectivity index (χ2v) is 16.3. The number of alkyl halides is 1. The van der Waals surface area contributed by atoms with E-state index < -0.39 is 23.3 Å². The van der Waals surface area contributed by atoms with Crippen LogP contribution in [0.4, 0.5) is 24.0 Å². The van der Waals surface area contributed by atoms with Gasteiger partial charge in [0.2, 0.25) is 5.91 Å². The number of nitrogens with two attached hydrogens (primary N) is 1. The minimum Gasteiger partial charge on any atom is -0.461 e. The summed E-state index contributed by atoms with van der Waals surface area (Å²) < 4.78 is 54.6. The van der Waals surface area contributed by atoms with E-state index in [1.807, 2.05) is 17.0 Å². The van der Waals surface area contributed by atoms with Gasteiger partial charge in [0, 0.05) is 60.4 Å². The minimum atomic E-state index is -0.957. The molecule has 2 aromatic carbocycles. The number of ether oxygens (including phenoxy) is 1. The molecule has 0 spiro atoms. The first-order chi connectivity index (χ1) is 25.6. The number of carbonyl (C=O) groups excluding carboxylic acids is 1. The number of thiophene rings is 1. The minimum absolute atomic E-state index is 0.0172. The van der Waals surface area contributed by atoms with Gasteiger partial charge in [-0.3, -0.25) is 9.69 Å². The number of carbonyl (C=O) groups is 1. The zero-order valence-electron chi connectivity index (χ0n) is 28.8. The van der Waals surface area contributed by atoms with Crippen LogP contribution in [0.3, 0.4) is 0 Å². The SMILES string of the molecule is N#Cc1c(N)sc2c(F)ccc(-c3c(Cl)cc4c(N5CCCC(C(=O)n6ccc(C7CC7)n6)CC5)nc(OC[C@@]56CCCN5C[C@H](F)C6)nc4c3F)c12. The molecule has 1 saturated carbocycles. The third-order valence-corrected chi connectivity index (χ3v) is 12.8. The molecule has 274 valence electrons. The normalized spacial score (nSPS) is 23.4. The molecule has 3 saturated heterocycles. The Kier molecular flexibility index (Phi) is 8.51. The maximum Gasteiger partial charge on any atom is 0.319 e. The molecule has 0 amide bonds. The molecule has 6 heterocycles. The fraction of sp³-hybridized carbons (Fsp3) is 0.447. The third kappa shape index (κ3) is 5.88. The predicted molar refractivity (Wildman–Crippen MR) is 197 cm³/mol. The molecule has 3 atom stereocenters. The van der Waals surface area contributed by atoms with Crippen molar-refractivity contribution in [1.29, 1.82) is 5.26 Å². The van der Waals surface area contributed by atoms with E-state index in [1.54, 1.807) is 12.3 Å². The van der Waals surface area contributed by atoms with Gasteiger partial charge in [0.1, 0.15) is 41.0 Å². The molecule has 0 bridgehead atoms. The summed E-state index contributed by atoms with van der Waals surface area (Å²) >= 11 is 7.82. The molecule has 5 aromatic rings. The van der Waals surface area contributed by atoms with Gasteiger partial charge in [-0.15, -0.1) is 11.3 Å². The molecule has 0 radical (unpaired) electrons. The Bertz CT molecular complexity index is 2340. The van der Waals surface area contributed by atoms with Crippen molar-refractivity contribution in [3.63, 3.8) is 0 Å². The highest BCUT2D eigenvalue weighted by molar-refractivity contribution is 7.23. The highest BCUT2D eigenvalue weighted by Gasteiger charge is 2.49. The van der Waals surface area contributed by atoms with Gasteiger partial charge in [-0.25, -0.2) is 17.9 Å². The van der Waals surface area contributed by atoms with Gasteiger partial charge in [0.25, 0.3) is 0 Å². The first-order valence-corrected chi connectivity index (χ1v) is 19.3. The van der Waals surface area contributed by atoms with Gasteiger partial charge in [-0.2, -0.15) is 20.3 Å². The molecule has 3 aromatic heterocycles. The van der Waals surface area contributed by atoms with Crippen molar-refractivity contribution in [1.82, 2.24) is 24.6 Å². The summed E-state index contributed by atoms with van der Waals surface area (Å²) in [7, 11) is 0. The number of nitrogen functional groups attached to an aromatic ring is 1. The number of rotatable bonds is 7. The van der Waals surface area contributed by atoms with E-state index in [-0.39, 0.29) is 66.8 Å². The summed E-state index contributed by atoms with van der Waals surface area (Å²) in [5, 5.41) is 15.1. The molecule has 1 aliphatic carbocycles. The lowest BCUT2D eigenvalue weighted by Crippen LogP contribution is -2.43. The number of aromatic nitrogens is 4. The van der Waals surface area contributed by atoms with Gasteiger partial charge in [-0.05, 0) is 75.3 Å². The molecular weight excluding hydrogens is 725 g/mol. The molecule has 3 aliphatic heterocycles. The lowest BCUT2D eigenvalue weighted by atomic mass is 9.95. The molecule has 1 unspecified atom stereocenters. The zero-order chi connectivity index (χ0) is 36.6. The van der Waals surface area contributed by atoms with Gasteiger partial charge < -0.3 is 15.4 Å². The Hall–Kier alpha value is -4.45. The molecule has 4 aliphatic rings. The summed E-state index contributed by atoms with van der Waals surface area (Å²) in [4.78, 5) is 27.1. The second-order valence-electron chi connectivity index (χ2n) is 14.8. The number of halogens is 4. The number of nitriles is 1. The number of hydrogen-bond acceptors (Lipinski definition) is 10. The van der Waals surface area contributed by atoms with Crippen LogP contribution < -0.4 is 15.4 Å². The summed E-state index contributed by atoms with van der Waals surface area (Å²) in [6.07, 6.45) is 6.87. The van der Waals surface area contributed by atoms with Crippen LogP contribution in [-0.4, -0.2) is 75.1 Å². The zero-order valence-corrected chi connectivity index (χ0v) is 30.3. The smallest absolute Gasteiger partial charge is 0.319 e.